The second-order valence-electron chi connectivity index (χ2n) is 6.05. The topological polar surface area (TPSA) is 65.5 Å². The highest BCUT2D eigenvalue weighted by atomic mass is 32.2. The van der Waals surface area contributed by atoms with Crippen LogP contribution in [0.3, 0.4) is 0 Å². The van der Waals surface area contributed by atoms with E-state index in [4.69, 9.17) is 8.92 Å². The van der Waals surface area contributed by atoms with Gasteiger partial charge in [0.1, 0.15) is 6.10 Å². The molecule has 1 aliphatic rings. The van der Waals surface area contributed by atoms with E-state index in [0.717, 1.165) is 18.4 Å². The van der Waals surface area contributed by atoms with Crippen molar-refractivity contribution in [2.45, 2.75) is 49.7 Å². The molecule has 0 unspecified atom stereocenters. The third-order valence-corrected chi connectivity index (χ3v) is 5.49. The van der Waals surface area contributed by atoms with Crippen molar-refractivity contribution in [3.8, 4) is 5.88 Å². The van der Waals surface area contributed by atoms with Crippen LogP contribution in [0.5, 0.6) is 5.88 Å². The fourth-order valence-corrected chi connectivity index (χ4v) is 3.90. The first-order chi connectivity index (χ1) is 11.5. The molecule has 0 aliphatic heterocycles. The van der Waals surface area contributed by atoms with Gasteiger partial charge in [0.25, 0.3) is 10.1 Å². The molecule has 0 atom stereocenters. The molecule has 6 heteroatoms. The molecule has 0 saturated heterocycles. The highest BCUT2D eigenvalue weighted by molar-refractivity contribution is 7.86. The van der Waals surface area contributed by atoms with Crippen LogP contribution in [-0.2, 0) is 14.3 Å². The van der Waals surface area contributed by atoms with Gasteiger partial charge in [-0.3, -0.25) is 4.18 Å². The lowest BCUT2D eigenvalue weighted by atomic mass is 9.95. The van der Waals surface area contributed by atoms with E-state index < -0.39 is 10.1 Å². The SMILES string of the molecule is Cc1ccc(S(=O)(=O)OC2CCC(Oc3ccccn3)CC2)cc1. The van der Waals surface area contributed by atoms with E-state index in [0.29, 0.717) is 18.7 Å². The van der Waals surface area contributed by atoms with Gasteiger partial charge in [-0.15, -0.1) is 0 Å². The molecular weight excluding hydrogens is 326 g/mol. The Bertz CT molecular complexity index is 751. The fourth-order valence-electron chi connectivity index (χ4n) is 2.77. The van der Waals surface area contributed by atoms with E-state index in [2.05, 4.69) is 4.98 Å². The Labute approximate surface area is 142 Å². The minimum atomic E-state index is -3.71. The highest BCUT2D eigenvalue weighted by Crippen LogP contribution is 2.27. The van der Waals surface area contributed by atoms with Crippen molar-refractivity contribution in [1.29, 1.82) is 0 Å². The molecule has 0 spiro atoms. The summed E-state index contributed by atoms with van der Waals surface area (Å²) in [4.78, 5) is 4.36. The normalized spacial score (nSPS) is 21.4. The van der Waals surface area contributed by atoms with Gasteiger partial charge in [-0.25, -0.2) is 4.98 Å². The highest BCUT2D eigenvalue weighted by Gasteiger charge is 2.28. The first-order valence-corrected chi connectivity index (χ1v) is 9.51. The molecule has 0 amide bonds. The van der Waals surface area contributed by atoms with E-state index in [1.54, 1.807) is 30.5 Å². The minimum Gasteiger partial charge on any atom is -0.474 e. The van der Waals surface area contributed by atoms with E-state index in [1.165, 1.54) is 0 Å². The Morgan fingerprint density at radius 2 is 1.62 bits per heavy atom. The molecule has 24 heavy (non-hydrogen) atoms. The van der Waals surface area contributed by atoms with Crippen LogP contribution in [0.15, 0.2) is 53.6 Å². The lowest BCUT2D eigenvalue weighted by Gasteiger charge is -2.28. The quantitative estimate of drug-likeness (QED) is 0.775. The summed E-state index contributed by atoms with van der Waals surface area (Å²) < 4.78 is 35.9. The number of benzene rings is 1. The maximum Gasteiger partial charge on any atom is 0.297 e. The van der Waals surface area contributed by atoms with E-state index in [1.807, 2.05) is 25.1 Å². The summed E-state index contributed by atoms with van der Waals surface area (Å²) in [6.07, 6.45) is 4.28. The number of rotatable bonds is 5. The summed E-state index contributed by atoms with van der Waals surface area (Å²) >= 11 is 0. The Morgan fingerprint density at radius 1 is 0.958 bits per heavy atom. The molecule has 5 nitrogen and oxygen atoms in total. The van der Waals surface area contributed by atoms with Crippen LogP contribution in [0, 0.1) is 6.92 Å². The van der Waals surface area contributed by atoms with Crippen LogP contribution < -0.4 is 4.74 Å². The van der Waals surface area contributed by atoms with E-state index in [-0.39, 0.29) is 17.1 Å². The van der Waals surface area contributed by atoms with Gasteiger partial charge < -0.3 is 4.74 Å². The van der Waals surface area contributed by atoms with Crippen molar-refractivity contribution in [2.75, 3.05) is 0 Å². The van der Waals surface area contributed by atoms with Crippen molar-refractivity contribution in [3.05, 3.63) is 54.2 Å². The standard InChI is InChI=1S/C18H21NO4S/c1-14-5-11-17(12-6-14)24(20,21)23-16-9-7-15(8-10-16)22-18-4-2-3-13-19-18/h2-6,11-13,15-16H,7-10H2,1H3. The third kappa shape index (κ3) is 4.33. The smallest absolute Gasteiger partial charge is 0.297 e. The summed E-state index contributed by atoms with van der Waals surface area (Å²) in [6, 6.07) is 12.3. The average molecular weight is 347 g/mol. The van der Waals surface area contributed by atoms with Gasteiger partial charge in [-0.1, -0.05) is 23.8 Å². The van der Waals surface area contributed by atoms with Crippen molar-refractivity contribution in [3.63, 3.8) is 0 Å². The van der Waals surface area contributed by atoms with Crippen LogP contribution in [0.1, 0.15) is 31.2 Å². The Kier molecular flexibility index (Phi) is 5.16. The molecule has 1 aliphatic carbocycles. The number of hydrogen-bond donors (Lipinski definition) is 0. The molecule has 0 bridgehead atoms. The van der Waals surface area contributed by atoms with Crippen LogP contribution in [-0.4, -0.2) is 25.6 Å². The Balaban J connectivity index is 1.54. The summed E-state index contributed by atoms with van der Waals surface area (Å²) in [5, 5.41) is 0. The third-order valence-electron chi connectivity index (χ3n) is 4.12. The van der Waals surface area contributed by atoms with Crippen molar-refractivity contribution >= 4 is 10.1 Å². The monoisotopic (exact) mass is 347 g/mol. The molecule has 1 saturated carbocycles. The number of nitrogens with zero attached hydrogens (tertiary/aromatic N) is 1. The Morgan fingerprint density at radius 3 is 2.25 bits per heavy atom. The first kappa shape index (κ1) is 16.9. The van der Waals surface area contributed by atoms with Gasteiger partial charge in [0, 0.05) is 12.3 Å². The van der Waals surface area contributed by atoms with Gasteiger partial charge in [0.15, 0.2) is 0 Å². The number of aromatic nitrogens is 1. The summed E-state index contributed by atoms with van der Waals surface area (Å²) in [5.74, 6) is 0.606. The maximum absolute atomic E-state index is 12.3. The molecule has 1 fully saturated rings. The largest absolute Gasteiger partial charge is 0.474 e. The molecule has 3 rings (SSSR count). The van der Waals surface area contributed by atoms with Crippen molar-refractivity contribution in [1.82, 2.24) is 4.98 Å². The second kappa shape index (κ2) is 7.32. The van der Waals surface area contributed by atoms with Crippen LogP contribution in [0.2, 0.25) is 0 Å². The van der Waals surface area contributed by atoms with Crippen LogP contribution in [0.25, 0.3) is 0 Å². The number of hydrogen-bond acceptors (Lipinski definition) is 5. The average Bonchev–Trinajstić information content (AvgIpc) is 2.58. The summed E-state index contributed by atoms with van der Waals surface area (Å²) in [5.41, 5.74) is 1.01. The molecule has 128 valence electrons. The number of pyridine rings is 1. The molecule has 0 N–H and O–H groups in total. The zero-order valence-corrected chi connectivity index (χ0v) is 14.4. The predicted octanol–water partition coefficient (Wildman–Crippen LogP) is 3.49. The maximum atomic E-state index is 12.3. The summed E-state index contributed by atoms with van der Waals surface area (Å²) in [7, 11) is -3.71. The Hall–Kier alpha value is -1.92. The van der Waals surface area contributed by atoms with Crippen LogP contribution >= 0.6 is 0 Å². The van der Waals surface area contributed by atoms with Gasteiger partial charge in [-0.2, -0.15) is 8.42 Å². The van der Waals surface area contributed by atoms with Gasteiger partial charge in [-0.05, 0) is 50.8 Å². The molecular formula is C18H21NO4S. The van der Waals surface area contributed by atoms with E-state index in [9.17, 15) is 8.42 Å². The molecule has 2 aromatic rings. The zero-order valence-electron chi connectivity index (χ0n) is 13.6. The number of ether oxygens (including phenoxy) is 1. The molecule has 0 radical (unpaired) electrons. The molecule has 1 aromatic carbocycles. The summed E-state index contributed by atoms with van der Waals surface area (Å²) in [6.45, 7) is 1.92. The predicted molar refractivity (Wildman–Crippen MR) is 90.4 cm³/mol. The minimum absolute atomic E-state index is 0.0572. The second-order valence-corrected chi connectivity index (χ2v) is 7.62. The van der Waals surface area contributed by atoms with E-state index >= 15 is 0 Å². The molecule has 1 aromatic heterocycles. The van der Waals surface area contributed by atoms with Gasteiger partial charge >= 0.3 is 0 Å². The first-order valence-electron chi connectivity index (χ1n) is 8.10. The fraction of sp³-hybridized carbons (Fsp3) is 0.389. The zero-order chi connectivity index (χ0) is 17.0. The molecule has 1 heterocycles. The lowest BCUT2D eigenvalue weighted by molar-refractivity contribution is 0.0814. The lowest BCUT2D eigenvalue weighted by Crippen LogP contribution is -2.30. The van der Waals surface area contributed by atoms with Crippen molar-refractivity contribution < 1.29 is 17.3 Å². The van der Waals surface area contributed by atoms with Gasteiger partial charge in [0.05, 0.1) is 11.0 Å². The van der Waals surface area contributed by atoms with Gasteiger partial charge in [0.2, 0.25) is 5.88 Å². The van der Waals surface area contributed by atoms with Crippen molar-refractivity contribution in [2.24, 2.45) is 0 Å². The van der Waals surface area contributed by atoms with Crippen LogP contribution in [0.4, 0.5) is 0 Å². The number of aryl methyl sites for hydroxylation is 1.